The van der Waals surface area contributed by atoms with Crippen LogP contribution in [0.4, 0.5) is 5.00 Å². The molecule has 1 fully saturated rings. The van der Waals surface area contributed by atoms with Crippen molar-refractivity contribution in [1.29, 1.82) is 0 Å². The first-order valence-electron chi connectivity index (χ1n) is 9.08. The molecule has 0 spiro atoms. The van der Waals surface area contributed by atoms with Crippen LogP contribution in [0.1, 0.15) is 46.4 Å². The van der Waals surface area contributed by atoms with Gasteiger partial charge < -0.3 is 25.0 Å². The van der Waals surface area contributed by atoms with Crippen molar-refractivity contribution in [3.05, 3.63) is 16.0 Å². The van der Waals surface area contributed by atoms with Crippen molar-refractivity contribution < 1.29 is 28.8 Å². The van der Waals surface area contributed by atoms with E-state index in [4.69, 9.17) is 9.47 Å². The highest BCUT2D eigenvalue weighted by Crippen LogP contribution is 2.33. The van der Waals surface area contributed by atoms with Gasteiger partial charge in [-0.25, -0.2) is 4.79 Å². The normalized spacial score (nSPS) is 22.2. The summed E-state index contributed by atoms with van der Waals surface area (Å²) in [6.07, 6.45) is 0.186. The van der Waals surface area contributed by atoms with Gasteiger partial charge in [-0.05, 0) is 33.3 Å². The van der Waals surface area contributed by atoms with Crippen molar-refractivity contribution >= 4 is 34.1 Å². The Balaban J connectivity index is 2.19. The number of thiophene rings is 1. The van der Waals surface area contributed by atoms with E-state index in [0.717, 1.165) is 29.3 Å². The van der Waals surface area contributed by atoms with Crippen molar-refractivity contribution in [1.82, 2.24) is 5.32 Å². The van der Waals surface area contributed by atoms with Crippen LogP contribution in [0.2, 0.25) is 0 Å². The molecule has 0 saturated carbocycles. The van der Waals surface area contributed by atoms with Gasteiger partial charge in [-0.2, -0.15) is 0 Å². The van der Waals surface area contributed by atoms with Crippen LogP contribution in [-0.4, -0.2) is 63.3 Å². The molecule has 0 bridgehead atoms. The molecule has 2 heterocycles. The van der Waals surface area contributed by atoms with Crippen molar-refractivity contribution in [3.8, 4) is 0 Å². The summed E-state index contributed by atoms with van der Waals surface area (Å²) in [5.41, 5.74) is 0.751. The molecule has 1 saturated heterocycles. The van der Waals surface area contributed by atoms with Gasteiger partial charge in [-0.15, -0.1) is 11.3 Å². The highest BCUT2D eigenvalue weighted by atomic mass is 32.1. The summed E-state index contributed by atoms with van der Waals surface area (Å²) < 4.78 is 10.8. The first kappa shape index (κ1) is 21.3. The Labute approximate surface area is 163 Å². The summed E-state index contributed by atoms with van der Waals surface area (Å²) in [7, 11) is 1.52. The van der Waals surface area contributed by atoms with E-state index in [-0.39, 0.29) is 42.7 Å². The summed E-state index contributed by atoms with van der Waals surface area (Å²) in [6, 6.07) is 0. The van der Waals surface area contributed by atoms with Gasteiger partial charge in [0.2, 0.25) is 0 Å². The number of morpholine rings is 1. The van der Waals surface area contributed by atoms with E-state index >= 15 is 0 Å². The molecule has 3 N–H and O–H groups in total. The van der Waals surface area contributed by atoms with Gasteiger partial charge >= 0.3 is 5.97 Å². The van der Waals surface area contributed by atoms with Gasteiger partial charge in [-0.3, -0.25) is 9.59 Å². The number of nitrogens with one attached hydrogen (secondary N) is 3. The summed E-state index contributed by atoms with van der Waals surface area (Å²) >= 11 is 1.09. The summed E-state index contributed by atoms with van der Waals surface area (Å²) in [6.45, 7) is 9.35. The molecule has 27 heavy (non-hydrogen) atoms. The van der Waals surface area contributed by atoms with Gasteiger partial charge in [0.25, 0.3) is 11.8 Å². The standard InChI is InChI=1S/C18H27N3O5S/c1-6-25-18(24)14-12(4)15(16(23)19-5)27-17(14)20-13(22)9-21-7-10(2)26-11(3)8-21/h10-11H,6-9H2,1-5H3,(H,19,23)(H,20,22)/p+1/t10-,11-/m0/s1. The van der Waals surface area contributed by atoms with Crippen LogP contribution < -0.4 is 15.5 Å². The minimum atomic E-state index is -0.544. The molecule has 1 aromatic heterocycles. The molecule has 0 radical (unpaired) electrons. The molecule has 2 amide bonds. The second kappa shape index (κ2) is 9.29. The Bertz CT molecular complexity index is 708. The first-order valence-corrected chi connectivity index (χ1v) is 9.89. The Hall–Kier alpha value is -1.97. The summed E-state index contributed by atoms with van der Waals surface area (Å²) in [5, 5.41) is 5.71. The number of hydrogen-bond donors (Lipinski definition) is 3. The minimum absolute atomic E-state index is 0.0930. The van der Waals surface area contributed by atoms with Gasteiger partial charge in [0, 0.05) is 7.05 Å². The van der Waals surface area contributed by atoms with E-state index in [2.05, 4.69) is 10.6 Å². The maximum atomic E-state index is 12.6. The maximum absolute atomic E-state index is 12.6. The van der Waals surface area contributed by atoms with Crippen molar-refractivity contribution in [2.75, 3.05) is 38.6 Å². The Kier molecular flexibility index (Phi) is 7.34. The van der Waals surface area contributed by atoms with E-state index in [9.17, 15) is 14.4 Å². The second-order valence-corrected chi connectivity index (χ2v) is 7.72. The zero-order valence-electron chi connectivity index (χ0n) is 16.4. The molecule has 8 nitrogen and oxygen atoms in total. The Morgan fingerprint density at radius 2 is 1.89 bits per heavy atom. The number of ether oxygens (including phenoxy) is 2. The lowest BCUT2D eigenvalue weighted by atomic mass is 10.1. The zero-order chi connectivity index (χ0) is 20.1. The summed E-state index contributed by atoms with van der Waals surface area (Å²) in [4.78, 5) is 38.5. The molecule has 2 atom stereocenters. The molecule has 9 heteroatoms. The largest absolute Gasteiger partial charge is 0.462 e. The van der Waals surface area contributed by atoms with E-state index in [0.29, 0.717) is 15.4 Å². The molecule has 0 aromatic carbocycles. The van der Waals surface area contributed by atoms with Crippen LogP contribution in [0, 0.1) is 6.92 Å². The third-order valence-electron chi connectivity index (χ3n) is 4.34. The first-order chi connectivity index (χ1) is 12.8. The number of esters is 1. The maximum Gasteiger partial charge on any atom is 0.341 e. The predicted molar refractivity (Wildman–Crippen MR) is 103 cm³/mol. The number of rotatable bonds is 6. The van der Waals surface area contributed by atoms with Gasteiger partial charge in [0.15, 0.2) is 6.54 Å². The number of carbonyl (C=O) groups excluding carboxylic acids is 3. The van der Waals surface area contributed by atoms with Gasteiger partial charge in [-0.1, -0.05) is 0 Å². The molecule has 0 aliphatic carbocycles. The second-order valence-electron chi connectivity index (χ2n) is 6.70. The lowest BCUT2D eigenvalue weighted by Gasteiger charge is -2.31. The van der Waals surface area contributed by atoms with Crippen molar-refractivity contribution in [3.63, 3.8) is 0 Å². The highest BCUT2D eigenvalue weighted by molar-refractivity contribution is 7.18. The topological polar surface area (TPSA) is 98.2 Å². The van der Waals surface area contributed by atoms with Crippen LogP contribution in [0.5, 0.6) is 0 Å². The van der Waals surface area contributed by atoms with Crippen LogP contribution in [0.3, 0.4) is 0 Å². The number of hydrogen-bond acceptors (Lipinski definition) is 6. The summed E-state index contributed by atoms with van der Waals surface area (Å²) in [5.74, 6) is -1.05. The molecule has 2 rings (SSSR count). The fourth-order valence-electron chi connectivity index (χ4n) is 3.31. The van der Waals surface area contributed by atoms with E-state index in [1.54, 1.807) is 13.8 Å². The third kappa shape index (κ3) is 5.27. The zero-order valence-corrected chi connectivity index (χ0v) is 17.2. The average Bonchev–Trinajstić information content (AvgIpc) is 2.89. The number of amides is 2. The number of quaternary nitrogens is 1. The number of anilines is 1. The average molecular weight is 399 g/mol. The molecule has 1 aliphatic rings. The smallest absolute Gasteiger partial charge is 0.341 e. The fraction of sp³-hybridized carbons (Fsp3) is 0.611. The van der Waals surface area contributed by atoms with Gasteiger partial charge in [0.1, 0.15) is 30.3 Å². The lowest BCUT2D eigenvalue weighted by Crippen LogP contribution is -3.16. The number of carbonyl (C=O) groups is 3. The van der Waals surface area contributed by atoms with Crippen LogP contribution >= 0.6 is 11.3 Å². The van der Waals surface area contributed by atoms with E-state index in [1.807, 2.05) is 13.8 Å². The SMILES string of the molecule is CCOC(=O)c1c(NC(=O)C[NH+]2C[C@H](C)O[C@@H](C)C2)sc(C(=O)NC)c1C. The van der Waals surface area contributed by atoms with Crippen LogP contribution in [-0.2, 0) is 14.3 Å². The molecule has 0 unspecified atom stereocenters. The van der Waals surface area contributed by atoms with E-state index in [1.165, 1.54) is 7.05 Å². The van der Waals surface area contributed by atoms with Gasteiger partial charge in [0.05, 0.1) is 17.0 Å². The Morgan fingerprint density at radius 3 is 2.44 bits per heavy atom. The lowest BCUT2D eigenvalue weighted by molar-refractivity contribution is -0.907. The van der Waals surface area contributed by atoms with Crippen LogP contribution in [0.15, 0.2) is 0 Å². The van der Waals surface area contributed by atoms with E-state index < -0.39 is 5.97 Å². The highest BCUT2D eigenvalue weighted by Gasteiger charge is 2.29. The molecule has 150 valence electrons. The molecule has 1 aromatic rings. The monoisotopic (exact) mass is 398 g/mol. The molecular weight excluding hydrogens is 370 g/mol. The van der Waals surface area contributed by atoms with Crippen molar-refractivity contribution in [2.24, 2.45) is 0 Å². The minimum Gasteiger partial charge on any atom is -0.462 e. The van der Waals surface area contributed by atoms with Crippen molar-refractivity contribution in [2.45, 2.75) is 39.9 Å². The fourth-order valence-corrected chi connectivity index (χ4v) is 4.47. The molecular formula is C18H28N3O5S+. The Morgan fingerprint density at radius 1 is 1.26 bits per heavy atom. The quantitative estimate of drug-likeness (QED) is 0.596. The third-order valence-corrected chi connectivity index (χ3v) is 5.55. The molecule has 1 aliphatic heterocycles. The van der Waals surface area contributed by atoms with Crippen LogP contribution in [0.25, 0.3) is 0 Å². The predicted octanol–water partition coefficient (Wildman–Crippen LogP) is 0.223.